The van der Waals surface area contributed by atoms with Gasteiger partial charge in [0, 0.05) is 15.7 Å². The third-order valence-electron chi connectivity index (χ3n) is 4.07. The van der Waals surface area contributed by atoms with Crippen LogP contribution in [0.5, 0.6) is 11.5 Å². The van der Waals surface area contributed by atoms with Gasteiger partial charge in [-0.3, -0.25) is 4.79 Å². The first-order valence-electron chi connectivity index (χ1n) is 8.20. The summed E-state index contributed by atoms with van der Waals surface area (Å²) in [5.41, 5.74) is 3.33. The summed E-state index contributed by atoms with van der Waals surface area (Å²) in [6.07, 6.45) is 0. The van der Waals surface area contributed by atoms with Crippen molar-refractivity contribution < 1.29 is 14.3 Å². The van der Waals surface area contributed by atoms with E-state index >= 15 is 0 Å². The fourth-order valence-electron chi connectivity index (χ4n) is 2.65. The van der Waals surface area contributed by atoms with Crippen molar-refractivity contribution in [3.05, 3.63) is 57.0 Å². The van der Waals surface area contributed by atoms with Crippen LogP contribution in [0.2, 0.25) is 0 Å². The number of nitrogens with one attached hydrogen (secondary N) is 1. The van der Waals surface area contributed by atoms with Crippen LogP contribution < -0.4 is 14.8 Å². The number of ether oxygens (including phenoxy) is 2. The first-order valence-corrected chi connectivity index (χ1v) is 9.81. The summed E-state index contributed by atoms with van der Waals surface area (Å²) in [4.78, 5) is 17.9. The van der Waals surface area contributed by atoms with Gasteiger partial charge < -0.3 is 14.8 Å². The Bertz CT molecular complexity index is 1000. The van der Waals surface area contributed by atoms with Crippen molar-refractivity contribution in [1.29, 1.82) is 0 Å². The zero-order chi connectivity index (χ0) is 19.6. The molecule has 3 aromatic rings. The highest BCUT2D eigenvalue weighted by Crippen LogP contribution is 2.35. The van der Waals surface area contributed by atoms with Gasteiger partial charge in [0.15, 0.2) is 11.5 Å². The Morgan fingerprint density at radius 2 is 1.81 bits per heavy atom. The van der Waals surface area contributed by atoms with E-state index in [0.29, 0.717) is 22.1 Å². The highest BCUT2D eigenvalue weighted by atomic mass is 79.9. The van der Waals surface area contributed by atoms with Crippen LogP contribution >= 0.6 is 27.3 Å². The van der Waals surface area contributed by atoms with Crippen molar-refractivity contribution in [2.24, 2.45) is 0 Å². The molecule has 0 aliphatic heterocycles. The molecule has 5 nitrogen and oxygen atoms in total. The SMILES string of the molecule is COc1ccc(-c2nc(C)c(C(=O)Nc3ccc(Br)cc3C)s2)cc1OC. The van der Waals surface area contributed by atoms with Gasteiger partial charge in [-0.1, -0.05) is 15.9 Å². The maximum Gasteiger partial charge on any atom is 0.267 e. The summed E-state index contributed by atoms with van der Waals surface area (Å²) in [6, 6.07) is 11.3. The fourth-order valence-corrected chi connectivity index (χ4v) is 4.08. The normalized spacial score (nSPS) is 10.6. The molecule has 0 bridgehead atoms. The molecule has 27 heavy (non-hydrogen) atoms. The number of aryl methyl sites for hydroxylation is 2. The highest BCUT2D eigenvalue weighted by molar-refractivity contribution is 9.10. The lowest BCUT2D eigenvalue weighted by Gasteiger charge is -2.08. The van der Waals surface area contributed by atoms with Crippen molar-refractivity contribution in [2.75, 3.05) is 19.5 Å². The molecule has 3 rings (SSSR count). The molecule has 0 spiro atoms. The maximum atomic E-state index is 12.7. The van der Waals surface area contributed by atoms with Crippen LogP contribution in [0.1, 0.15) is 20.9 Å². The number of halogens is 1. The Labute approximate surface area is 170 Å². The van der Waals surface area contributed by atoms with Crippen LogP contribution in [0.4, 0.5) is 5.69 Å². The third kappa shape index (κ3) is 4.14. The summed E-state index contributed by atoms with van der Waals surface area (Å²) in [6.45, 7) is 3.79. The average Bonchev–Trinajstić information content (AvgIpc) is 3.05. The number of rotatable bonds is 5. The molecule has 1 aromatic heterocycles. The molecule has 2 aromatic carbocycles. The van der Waals surface area contributed by atoms with Crippen LogP contribution in [-0.4, -0.2) is 25.1 Å². The van der Waals surface area contributed by atoms with Crippen LogP contribution in [0.25, 0.3) is 10.6 Å². The van der Waals surface area contributed by atoms with E-state index in [1.165, 1.54) is 11.3 Å². The minimum absolute atomic E-state index is 0.165. The molecule has 1 N–H and O–H groups in total. The Balaban J connectivity index is 1.89. The zero-order valence-electron chi connectivity index (χ0n) is 15.4. The number of methoxy groups -OCH3 is 2. The van der Waals surface area contributed by atoms with Gasteiger partial charge in [0.1, 0.15) is 9.88 Å². The predicted octanol–water partition coefficient (Wildman–Crippen LogP) is 5.46. The van der Waals surface area contributed by atoms with E-state index in [4.69, 9.17) is 9.47 Å². The molecule has 1 amide bonds. The van der Waals surface area contributed by atoms with Gasteiger partial charge in [-0.25, -0.2) is 4.98 Å². The second-order valence-corrected chi connectivity index (χ2v) is 7.83. The highest BCUT2D eigenvalue weighted by Gasteiger charge is 2.18. The molecule has 0 radical (unpaired) electrons. The standard InChI is InChI=1S/C20H19BrN2O3S/c1-11-9-14(21)6-7-15(11)23-19(24)18-12(2)22-20(27-18)13-5-8-16(25-3)17(10-13)26-4/h5-10H,1-4H3,(H,23,24). The summed E-state index contributed by atoms with van der Waals surface area (Å²) >= 11 is 4.78. The smallest absolute Gasteiger partial charge is 0.267 e. The molecular weight excluding hydrogens is 428 g/mol. The summed E-state index contributed by atoms with van der Waals surface area (Å²) in [5, 5.41) is 3.72. The van der Waals surface area contributed by atoms with Crippen molar-refractivity contribution in [1.82, 2.24) is 4.98 Å². The second kappa shape index (κ2) is 8.10. The van der Waals surface area contributed by atoms with E-state index < -0.39 is 0 Å². The van der Waals surface area contributed by atoms with Crippen molar-refractivity contribution in [3.8, 4) is 22.1 Å². The van der Waals surface area contributed by atoms with Gasteiger partial charge >= 0.3 is 0 Å². The molecule has 0 fully saturated rings. The van der Waals surface area contributed by atoms with Gasteiger partial charge in [0.2, 0.25) is 0 Å². The molecule has 0 atom stereocenters. The number of amides is 1. The van der Waals surface area contributed by atoms with E-state index in [1.54, 1.807) is 14.2 Å². The number of carbonyl (C=O) groups excluding carboxylic acids is 1. The lowest BCUT2D eigenvalue weighted by atomic mass is 10.2. The molecule has 7 heteroatoms. The van der Waals surface area contributed by atoms with Gasteiger partial charge in [-0.15, -0.1) is 11.3 Å². The molecule has 0 aliphatic carbocycles. The topological polar surface area (TPSA) is 60.5 Å². The molecule has 0 saturated heterocycles. The number of carbonyl (C=O) groups is 1. The fraction of sp³-hybridized carbons (Fsp3) is 0.200. The Kier molecular flexibility index (Phi) is 5.82. The monoisotopic (exact) mass is 446 g/mol. The van der Waals surface area contributed by atoms with E-state index in [-0.39, 0.29) is 5.91 Å². The molecule has 140 valence electrons. The van der Waals surface area contributed by atoms with Gasteiger partial charge in [-0.05, 0) is 55.8 Å². The lowest BCUT2D eigenvalue weighted by molar-refractivity contribution is 0.102. The number of nitrogens with zero attached hydrogens (tertiary/aromatic N) is 1. The summed E-state index contributed by atoms with van der Waals surface area (Å²) in [5.74, 6) is 1.11. The number of hydrogen-bond acceptors (Lipinski definition) is 5. The Hall–Kier alpha value is -2.38. The van der Waals surface area contributed by atoms with Crippen LogP contribution in [0, 0.1) is 13.8 Å². The van der Waals surface area contributed by atoms with E-state index in [9.17, 15) is 4.79 Å². The summed E-state index contributed by atoms with van der Waals surface area (Å²) in [7, 11) is 3.19. The number of hydrogen-bond donors (Lipinski definition) is 1. The summed E-state index contributed by atoms with van der Waals surface area (Å²) < 4.78 is 11.6. The van der Waals surface area contributed by atoms with Crippen molar-refractivity contribution >= 4 is 38.9 Å². The minimum Gasteiger partial charge on any atom is -0.493 e. The van der Waals surface area contributed by atoms with Gasteiger partial charge in [-0.2, -0.15) is 0 Å². The number of thiazole rings is 1. The first-order chi connectivity index (χ1) is 12.9. The van der Waals surface area contributed by atoms with E-state index in [2.05, 4.69) is 26.2 Å². The molecule has 0 aliphatic rings. The quantitative estimate of drug-likeness (QED) is 0.565. The first kappa shape index (κ1) is 19.4. The average molecular weight is 447 g/mol. The number of aromatic nitrogens is 1. The predicted molar refractivity (Wildman–Crippen MR) is 112 cm³/mol. The van der Waals surface area contributed by atoms with Gasteiger partial charge in [0.25, 0.3) is 5.91 Å². The number of benzene rings is 2. The van der Waals surface area contributed by atoms with E-state index in [1.807, 2.05) is 50.2 Å². The largest absolute Gasteiger partial charge is 0.493 e. The van der Waals surface area contributed by atoms with Crippen LogP contribution in [-0.2, 0) is 0 Å². The molecule has 0 saturated carbocycles. The molecule has 0 unspecified atom stereocenters. The zero-order valence-corrected chi connectivity index (χ0v) is 17.8. The second-order valence-electron chi connectivity index (χ2n) is 5.92. The van der Waals surface area contributed by atoms with Crippen molar-refractivity contribution in [3.63, 3.8) is 0 Å². The lowest BCUT2D eigenvalue weighted by Crippen LogP contribution is -2.12. The number of anilines is 1. The van der Waals surface area contributed by atoms with E-state index in [0.717, 1.165) is 26.3 Å². The van der Waals surface area contributed by atoms with Gasteiger partial charge in [0.05, 0.1) is 19.9 Å². The Morgan fingerprint density at radius 3 is 2.48 bits per heavy atom. The van der Waals surface area contributed by atoms with Crippen LogP contribution in [0.15, 0.2) is 40.9 Å². The Morgan fingerprint density at radius 1 is 1.07 bits per heavy atom. The minimum atomic E-state index is -0.165. The molecular formula is C20H19BrN2O3S. The van der Waals surface area contributed by atoms with Crippen molar-refractivity contribution in [2.45, 2.75) is 13.8 Å². The van der Waals surface area contributed by atoms with Crippen LogP contribution in [0.3, 0.4) is 0 Å². The molecule has 1 heterocycles. The maximum absolute atomic E-state index is 12.7. The third-order valence-corrected chi connectivity index (χ3v) is 5.77.